The minimum absolute atomic E-state index is 0.0414. The number of alkyl halides is 1. The van der Waals surface area contributed by atoms with Gasteiger partial charge in [-0.1, -0.05) is 11.6 Å². The summed E-state index contributed by atoms with van der Waals surface area (Å²) in [6, 6.07) is 2.55. The average Bonchev–Trinajstić information content (AvgIpc) is 1.97. The number of rotatable bonds is 1. The molecular weight excluding hydrogens is 170 g/mol. The highest BCUT2D eigenvalue weighted by molar-refractivity contribution is 6.30. The highest BCUT2D eigenvalue weighted by Crippen LogP contribution is 2.20. The van der Waals surface area contributed by atoms with Crippen LogP contribution < -0.4 is 0 Å². The van der Waals surface area contributed by atoms with Crippen molar-refractivity contribution >= 4 is 11.6 Å². The van der Waals surface area contributed by atoms with Crippen molar-refractivity contribution in [3.63, 3.8) is 0 Å². The first-order chi connectivity index (χ1) is 5.15. The molecule has 0 fully saturated rings. The fraction of sp³-hybridized carbons (Fsp3) is 0.250. The Morgan fingerprint density at radius 2 is 2.09 bits per heavy atom. The van der Waals surface area contributed by atoms with E-state index >= 15 is 0 Å². The Bertz CT molecular complexity index is 271. The molecule has 0 amide bonds. The maximum atomic E-state index is 12.6. The highest BCUT2D eigenvalue weighted by atomic mass is 35.5. The van der Waals surface area contributed by atoms with Crippen LogP contribution in [-0.4, -0.2) is 0 Å². The Hall–Kier alpha value is -0.630. The van der Waals surface area contributed by atoms with Gasteiger partial charge < -0.3 is 0 Å². The standard InChI is InChI=1S/C8H7ClF2/c1-5-2-7(9)8(11)3-6(5)4-10/h2-3H,4H2,1H3. The largest absolute Gasteiger partial charge is 0.246 e. The summed E-state index contributed by atoms with van der Waals surface area (Å²) < 4.78 is 24.7. The summed E-state index contributed by atoms with van der Waals surface area (Å²) in [5, 5.41) is 0.0414. The van der Waals surface area contributed by atoms with Crippen molar-refractivity contribution in [2.75, 3.05) is 0 Å². The second-order valence-corrected chi connectivity index (χ2v) is 2.73. The average molecular weight is 177 g/mol. The van der Waals surface area contributed by atoms with Crippen molar-refractivity contribution in [1.82, 2.24) is 0 Å². The van der Waals surface area contributed by atoms with Gasteiger partial charge in [0.25, 0.3) is 0 Å². The van der Waals surface area contributed by atoms with E-state index in [4.69, 9.17) is 11.6 Å². The first kappa shape index (κ1) is 8.47. The third kappa shape index (κ3) is 1.69. The monoisotopic (exact) mass is 176 g/mol. The van der Waals surface area contributed by atoms with Crippen LogP contribution in [0, 0.1) is 12.7 Å². The zero-order chi connectivity index (χ0) is 8.43. The molecule has 0 nitrogen and oxygen atoms in total. The predicted molar refractivity (Wildman–Crippen MR) is 41.0 cm³/mol. The molecule has 0 saturated heterocycles. The van der Waals surface area contributed by atoms with Crippen LogP contribution in [0.25, 0.3) is 0 Å². The summed E-state index contributed by atoms with van der Waals surface area (Å²) in [6.07, 6.45) is 0. The van der Waals surface area contributed by atoms with Gasteiger partial charge in [-0.3, -0.25) is 0 Å². The normalized spacial score (nSPS) is 10.2. The van der Waals surface area contributed by atoms with Gasteiger partial charge in [0.05, 0.1) is 5.02 Å². The summed E-state index contributed by atoms with van der Waals surface area (Å²) in [6.45, 7) is 1.04. The number of halogens is 3. The van der Waals surface area contributed by atoms with Crippen LogP contribution >= 0.6 is 11.6 Å². The van der Waals surface area contributed by atoms with Gasteiger partial charge in [-0.2, -0.15) is 0 Å². The van der Waals surface area contributed by atoms with Gasteiger partial charge >= 0.3 is 0 Å². The SMILES string of the molecule is Cc1cc(Cl)c(F)cc1CF. The highest BCUT2D eigenvalue weighted by Gasteiger charge is 2.04. The van der Waals surface area contributed by atoms with Gasteiger partial charge in [-0.25, -0.2) is 8.78 Å². The van der Waals surface area contributed by atoms with Crippen LogP contribution in [-0.2, 0) is 6.67 Å². The molecule has 0 radical (unpaired) electrons. The Labute approximate surface area is 68.8 Å². The first-order valence-corrected chi connectivity index (χ1v) is 3.53. The van der Waals surface area contributed by atoms with Crippen LogP contribution in [0.1, 0.15) is 11.1 Å². The second kappa shape index (κ2) is 3.18. The van der Waals surface area contributed by atoms with Crippen LogP contribution in [0.5, 0.6) is 0 Å². The maximum absolute atomic E-state index is 12.6. The molecule has 1 aromatic carbocycles. The smallest absolute Gasteiger partial charge is 0.142 e. The molecular formula is C8H7ClF2. The molecule has 3 heteroatoms. The zero-order valence-electron chi connectivity index (χ0n) is 6.00. The number of aryl methyl sites for hydroxylation is 1. The zero-order valence-corrected chi connectivity index (χ0v) is 6.75. The van der Waals surface area contributed by atoms with Gasteiger partial charge in [0.15, 0.2) is 0 Å². The first-order valence-electron chi connectivity index (χ1n) is 3.15. The fourth-order valence-electron chi connectivity index (χ4n) is 0.831. The van der Waals surface area contributed by atoms with E-state index in [1.165, 1.54) is 6.07 Å². The lowest BCUT2D eigenvalue weighted by atomic mass is 10.1. The summed E-state index contributed by atoms with van der Waals surface area (Å²) in [4.78, 5) is 0. The number of hydrogen-bond donors (Lipinski definition) is 0. The van der Waals surface area contributed by atoms with Crippen LogP contribution in [0.15, 0.2) is 12.1 Å². The van der Waals surface area contributed by atoms with E-state index in [2.05, 4.69) is 0 Å². The third-order valence-electron chi connectivity index (χ3n) is 1.52. The quantitative estimate of drug-likeness (QED) is 0.616. The predicted octanol–water partition coefficient (Wildman–Crippen LogP) is 3.26. The Balaban J connectivity index is 3.21. The van der Waals surface area contributed by atoms with E-state index in [1.807, 2.05) is 0 Å². The van der Waals surface area contributed by atoms with Crippen molar-refractivity contribution in [2.45, 2.75) is 13.6 Å². The van der Waals surface area contributed by atoms with E-state index in [0.717, 1.165) is 6.07 Å². The van der Waals surface area contributed by atoms with E-state index in [-0.39, 0.29) is 5.02 Å². The lowest BCUT2D eigenvalue weighted by molar-refractivity contribution is 0.480. The molecule has 60 valence electrons. The molecule has 0 aliphatic rings. The lowest BCUT2D eigenvalue weighted by Crippen LogP contribution is -1.88. The van der Waals surface area contributed by atoms with Crippen molar-refractivity contribution in [1.29, 1.82) is 0 Å². The Kier molecular flexibility index (Phi) is 2.45. The topological polar surface area (TPSA) is 0 Å². The molecule has 0 spiro atoms. The molecule has 0 bridgehead atoms. The van der Waals surface area contributed by atoms with E-state index < -0.39 is 12.5 Å². The molecule has 0 aromatic heterocycles. The molecule has 0 unspecified atom stereocenters. The minimum Gasteiger partial charge on any atom is -0.246 e. The number of benzene rings is 1. The van der Waals surface area contributed by atoms with Crippen LogP contribution in [0.4, 0.5) is 8.78 Å². The van der Waals surface area contributed by atoms with Crippen molar-refractivity contribution in [2.24, 2.45) is 0 Å². The second-order valence-electron chi connectivity index (χ2n) is 2.33. The van der Waals surface area contributed by atoms with Crippen molar-refractivity contribution < 1.29 is 8.78 Å². The van der Waals surface area contributed by atoms with Gasteiger partial charge in [-0.15, -0.1) is 0 Å². The molecule has 11 heavy (non-hydrogen) atoms. The molecule has 0 aliphatic carbocycles. The maximum Gasteiger partial charge on any atom is 0.142 e. The van der Waals surface area contributed by atoms with Gasteiger partial charge in [-0.05, 0) is 30.2 Å². The summed E-state index contributed by atoms with van der Waals surface area (Å²) in [7, 11) is 0. The molecule has 0 atom stereocenters. The molecule has 1 aromatic rings. The summed E-state index contributed by atoms with van der Waals surface area (Å²) in [5.74, 6) is -0.565. The minimum atomic E-state index is -0.653. The van der Waals surface area contributed by atoms with Gasteiger partial charge in [0.1, 0.15) is 12.5 Å². The van der Waals surface area contributed by atoms with Crippen molar-refractivity contribution in [3.05, 3.63) is 34.1 Å². The van der Waals surface area contributed by atoms with E-state index in [9.17, 15) is 8.78 Å². The Morgan fingerprint density at radius 1 is 1.45 bits per heavy atom. The Morgan fingerprint density at radius 3 is 2.64 bits per heavy atom. The van der Waals surface area contributed by atoms with E-state index in [1.54, 1.807) is 6.92 Å². The van der Waals surface area contributed by atoms with E-state index in [0.29, 0.717) is 11.1 Å². The molecule has 1 rings (SSSR count). The molecule has 0 heterocycles. The van der Waals surface area contributed by atoms with Gasteiger partial charge in [0.2, 0.25) is 0 Å². The van der Waals surface area contributed by atoms with Crippen molar-refractivity contribution in [3.8, 4) is 0 Å². The lowest BCUT2D eigenvalue weighted by Gasteiger charge is -2.01. The number of hydrogen-bond acceptors (Lipinski definition) is 0. The molecule has 0 saturated carbocycles. The summed E-state index contributed by atoms with van der Waals surface area (Å²) >= 11 is 5.45. The molecule has 0 N–H and O–H groups in total. The van der Waals surface area contributed by atoms with Crippen LogP contribution in [0.2, 0.25) is 5.02 Å². The third-order valence-corrected chi connectivity index (χ3v) is 1.81. The van der Waals surface area contributed by atoms with Crippen LogP contribution in [0.3, 0.4) is 0 Å². The fourth-order valence-corrected chi connectivity index (χ4v) is 1.05. The van der Waals surface area contributed by atoms with Gasteiger partial charge in [0, 0.05) is 0 Å². The molecule has 0 aliphatic heterocycles. The summed E-state index contributed by atoms with van der Waals surface area (Å²) in [5.41, 5.74) is 1.03.